The highest BCUT2D eigenvalue weighted by Gasteiger charge is 2.52. The Kier molecular flexibility index (Phi) is 3.95. The van der Waals surface area contributed by atoms with Crippen molar-refractivity contribution < 1.29 is 8.42 Å². The zero-order valence-corrected chi connectivity index (χ0v) is 16.5. The summed E-state index contributed by atoms with van der Waals surface area (Å²) in [5.41, 5.74) is 7.60. The smallest absolute Gasteiger partial charge is 0.241 e. The first-order valence-electron chi connectivity index (χ1n) is 9.23. The third-order valence-corrected chi connectivity index (χ3v) is 7.15. The number of sulfonamides is 1. The van der Waals surface area contributed by atoms with Crippen molar-refractivity contribution in [3.8, 4) is 17.1 Å². The number of hydrogen-bond donors (Lipinski definition) is 3. The van der Waals surface area contributed by atoms with Crippen molar-refractivity contribution in [2.75, 3.05) is 12.3 Å². The molecule has 29 heavy (non-hydrogen) atoms. The molecule has 2 aromatic heterocycles. The van der Waals surface area contributed by atoms with Gasteiger partial charge in [-0.15, -0.1) is 5.10 Å². The van der Waals surface area contributed by atoms with E-state index in [1.165, 1.54) is 17.1 Å². The standard InChI is InChI=1S/C18H20N8O2S/c1-11-2-3-13(29(27,28)24-18-7-12(8-18)21-10-18)6-14(11)15-9-20-16(19)17(23-15)26-5-4-22-25-26/h2-6,9,12,21,24H,7-8,10H2,1H3,(H2,19,20). The van der Waals surface area contributed by atoms with Gasteiger partial charge in [-0.3, -0.25) is 0 Å². The van der Waals surface area contributed by atoms with Gasteiger partial charge >= 0.3 is 0 Å². The number of nitrogen functional groups attached to an aromatic ring is 1. The minimum atomic E-state index is -3.66. The lowest BCUT2D eigenvalue weighted by Gasteiger charge is -2.37. The summed E-state index contributed by atoms with van der Waals surface area (Å²) in [6.07, 6.45) is 6.31. The van der Waals surface area contributed by atoms with E-state index in [4.69, 9.17) is 5.73 Å². The van der Waals surface area contributed by atoms with E-state index in [0.29, 0.717) is 29.7 Å². The predicted molar refractivity (Wildman–Crippen MR) is 106 cm³/mol. The van der Waals surface area contributed by atoms with Gasteiger partial charge in [0.05, 0.1) is 29.2 Å². The van der Waals surface area contributed by atoms with E-state index >= 15 is 0 Å². The summed E-state index contributed by atoms with van der Waals surface area (Å²) < 4.78 is 30.3. The maximum Gasteiger partial charge on any atom is 0.241 e. The molecule has 2 bridgehead atoms. The molecular formula is C18H20N8O2S. The second-order valence-corrected chi connectivity index (χ2v) is 9.34. The summed E-state index contributed by atoms with van der Waals surface area (Å²) >= 11 is 0. The molecule has 3 aliphatic rings. The van der Waals surface area contributed by atoms with Crippen LogP contribution in [-0.4, -0.2) is 51.5 Å². The number of aromatic nitrogens is 5. The second-order valence-electron chi connectivity index (χ2n) is 7.66. The van der Waals surface area contributed by atoms with Crippen molar-refractivity contribution in [1.29, 1.82) is 0 Å². The molecule has 0 atom stereocenters. The van der Waals surface area contributed by atoms with Crippen LogP contribution < -0.4 is 15.8 Å². The topological polar surface area (TPSA) is 141 Å². The third-order valence-electron chi connectivity index (χ3n) is 5.57. The minimum absolute atomic E-state index is 0.198. The van der Waals surface area contributed by atoms with Crippen LogP contribution in [0.25, 0.3) is 17.1 Å². The molecule has 2 saturated heterocycles. The van der Waals surface area contributed by atoms with Crippen LogP contribution in [0.15, 0.2) is 41.7 Å². The van der Waals surface area contributed by atoms with Crippen LogP contribution in [0, 0.1) is 6.92 Å². The fraction of sp³-hybridized carbons (Fsp3) is 0.333. The van der Waals surface area contributed by atoms with Crippen LogP contribution in [0.3, 0.4) is 0 Å². The summed E-state index contributed by atoms with van der Waals surface area (Å²) in [5, 5.41) is 11.0. The molecule has 150 valence electrons. The molecule has 11 heteroatoms. The maximum atomic E-state index is 13.0. The van der Waals surface area contributed by atoms with Crippen LogP contribution in [0.2, 0.25) is 0 Å². The fourth-order valence-electron chi connectivity index (χ4n) is 4.03. The fourth-order valence-corrected chi connectivity index (χ4v) is 5.47. The van der Waals surface area contributed by atoms with Crippen molar-refractivity contribution in [1.82, 2.24) is 35.0 Å². The van der Waals surface area contributed by atoms with Gasteiger partial charge in [-0.1, -0.05) is 11.3 Å². The van der Waals surface area contributed by atoms with E-state index in [0.717, 1.165) is 18.4 Å². The molecule has 4 heterocycles. The highest BCUT2D eigenvalue weighted by molar-refractivity contribution is 7.89. The first-order valence-corrected chi connectivity index (χ1v) is 10.7. The number of nitrogens with two attached hydrogens (primary N) is 1. The van der Waals surface area contributed by atoms with Crippen molar-refractivity contribution in [2.45, 2.75) is 36.2 Å². The molecule has 0 radical (unpaired) electrons. The molecule has 4 N–H and O–H groups in total. The van der Waals surface area contributed by atoms with E-state index in [9.17, 15) is 8.42 Å². The van der Waals surface area contributed by atoms with Gasteiger partial charge in [0.25, 0.3) is 0 Å². The number of nitrogens with zero attached hydrogens (tertiary/aromatic N) is 5. The number of anilines is 1. The Morgan fingerprint density at radius 1 is 1.34 bits per heavy atom. The second kappa shape index (κ2) is 6.31. The Balaban J connectivity index is 1.53. The molecule has 1 aliphatic carbocycles. The van der Waals surface area contributed by atoms with E-state index in [1.54, 1.807) is 24.4 Å². The van der Waals surface area contributed by atoms with Crippen LogP contribution in [0.4, 0.5) is 5.82 Å². The van der Waals surface area contributed by atoms with E-state index in [-0.39, 0.29) is 16.3 Å². The predicted octanol–water partition coefficient (Wildman–Crippen LogP) is 0.398. The largest absolute Gasteiger partial charge is 0.381 e. The summed E-state index contributed by atoms with van der Waals surface area (Å²) in [4.78, 5) is 8.94. The lowest BCUT2D eigenvalue weighted by Crippen LogP contribution is -2.54. The Hall–Kier alpha value is -2.89. The first kappa shape index (κ1) is 18.2. The molecule has 1 saturated carbocycles. The number of nitrogens with one attached hydrogen (secondary N) is 2. The SMILES string of the molecule is Cc1ccc(S(=O)(=O)NC23CNC(C2)C3)cc1-c1cnc(N)c(-n2ccnn2)n1. The molecule has 10 nitrogen and oxygen atoms in total. The van der Waals surface area contributed by atoms with E-state index in [2.05, 4.69) is 30.3 Å². The van der Waals surface area contributed by atoms with E-state index < -0.39 is 10.0 Å². The molecular weight excluding hydrogens is 392 g/mol. The highest BCUT2D eigenvalue weighted by atomic mass is 32.2. The lowest BCUT2D eigenvalue weighted by atomic mass is 9.79. The average Bonchev–Trinajstić information content (AvgIpc) is 3.39. The van der Waals surface area contributed by atoms with Crippen molar-refractivity contribution in [3.63, 3.8) is 0 Å². The molecule has 3 fully saturated rings. The first-order chi connectivity index (χ1) is 13.9. The molecule has 0 amide bonds. The highest BCUT2D eigenvalue weighted by Crippen LogP contribution is 2.39. The zero-order chi connectivity index (χ0) is 20.2. The van der Waals surface area contributed by atoms with Gasteiger partial charge in [-0.25, -0.2) is 23.1 Å². The Labute approximate surface area is 167 Å². The van der Waals surface area contributed by atoms with Gasteiger partial charge in [-0.2, -0.15) is 4.68 Å². The van der Waals surface area contributed by atoms with Crippen LogP contribution >= 0.6 is 0 Å². The van der Waals surface area contributed by atoms with Crippen molar-refractivity contribution >= 4 is 15.8 Å². The summed E-state index contributed by atoms with van der Waals surface area (Å²) in [6.45, 7) is 2.56. The van der Waals surface area contributed by atoms with Gasteiger partial charge in [0.1, 0.15) is 0 Å². The Bertz CT molecular complexity index is 1180. The molecule has 3 aromatic rings. The molecule has 1 aromatic carbocycles. The minimum Gasteiger partial charge on any atom is -0.381 e. The number of aryl methyl sites for hydroxylation is 1. The molecule has 2 aliphatic heterocycles. The van der Waals surface area contributed by atoms with Gasteiger partial charge in [-0.05, 0) is 37.5 Å². The monoisotopic (exact) mass is 412 g/mol. The maximum absolute atomic E-state index is 13.0. The molecule has 0 spiro atoms. The van der Waals surface area contributed by atoms with E-state index in [1.807, 2.05) is 6.92 Å². The van der Waals surface area contributed by atoms with Gasteiger partial charge < -0.3 is 11.1 Å². The summed E-state index contributed by atoms with van der Waals surface area (Å²) in [6, 6.07) is 5.43. The van der Waals surface area contributed by atoms with Crippen molar-refractivity contribution in [3.05, 3.63) is 42.4 Å². The number of hydrogen-bond acceptors (Lipinski definition) is 8. The van der Waals surface area contributed by atoms with Crippen molar-refractivity contribution in [2.24, 2.45) is 0 Å². The normalized spacial score (nSPS) is 23.1. The molecule has 6 rings (SSSR count). The van der Waals surface area contributed by atoms with Gasteiger partial charge in [0.15, 0.2) is 11.6 Å². The Morgan fingerprint density at radius 3 is 2.86 bits per heavy atom. The lowest BCUT2D eigenvalue weighted by molar-refractivity contribution is 0.279. The number of fused-ring (bicyclic) bond motifs is 1. The summed E-state index contributed by atoms with van der Waals surface area (Å²) in [7, 11) is -3.66. The zero-order valence-electron chi connectivity index (χ0n) is 15.7. The summed E-state index contributed by atoms with van der Waals surface area (Å²) in [5.74, 6) is 0.539. The number of rotatable bonds is 5. The number of benzene rings is 1. The third kappa shape index (κ3) is 3.07. The van der Waals surface area contributed by atoms with Gasteiger partial charge in [0.2, 0.25) is 10.0 Å². The van der Waals surface area contributed by atoms with Crippen LogP contribution in [-0.2, 0) is 10.0 Å². The average molecular weight is 412 g/mol. The Morgan fingerprint density at radius 2 is 2.17 bits per heavy atom. The molecule has 0 unspecified atom stereocenters. The van der Waals surface area contributed by atoms with Gasteiger partial charge in [0, 0.05) is 23.7 Å². The van der Waals surface area contributed by atoms with Crippen LogP contribution in [0.5, 0.6) is 0 Å². The quantitative estimate of drug-likeness (QED) is 0.547. The van der Waals surface area contributed by atoms with Crippen LogP contribution in [0.1, 0.15) is 18.4 Å².